The van der Waals surface area contributed by atoms with Gasteiger partial charge in [0.1, 0.15) is 5.82 Å². The summed E-state index contributed by atoms with van der Waals surface area (Å²) < 4.78 is 1.89. The second kappa shape index (κ2) is 4.30. The standard InChI is InChI=1S/C11H15N5/c1-3-6-16-10(7-13-15-16)9-4-5-11(12)14-8(9)2/h4-5,7H,3,6H2,1-2H3,(H2,12,14). The molecular formula is C11H15N5. The molecule has 0 amide bonds. The topological polar surface area (TPSA) is 69.6 Å². The minimum absolute atomic E-state index is 0.538. The van der Waals surface area contributed by atoms with E-state index in [1.54, 1.807) is 12.3 Å². The molecule has 0 atom stereocenters. The molecule has 5 heteroatoms. The molecule has 16 heavy (non-hydrogen) atoms. The minimum atomic E-state index is 0.538. The van der Waals surface area contributed by atoms with Crippen molar-refractivity contribution in [2.75, 3.05) is 5.73 Å². The van der Waals surface area contributed by atoms with Gasteiger partial charge in [-0.1, -0.05) is 12.1 Å². The first kappa shape index (κ1) is 10.6. The summed E-state index contributed by atoms with van der Waals surface area (Å²) in [5.74, 6) is 0.538. The predicted molar refractivity (Wildman–Crippen MR) is 62.7 cm³/mol. The Bertz CT molecular complexity index is 489. The number of aromatic nitrogens is 4. The number of nitrogens with zero attached hydrogens (tertiary/aromatic N) is 4. The molecular weight excluding hydrogens is 202 g/mol. The van der Waals surface area contributed by atoms with Crippen LogP contribution in [0.1, 0.15) is 19.0 Å². The molecule has 2 N–H and O–H groups in total. The Morgan fingerprint density at radius 3 is 2.88 bits per heavy atom. The van der Waals surface area contributed by atoms with Crippen LogP contribution in [0.2, 0.25) is 0 Å². The number of hydrogen-bond donors (Lipinski definition) is 1. The predicted octanol–water partition coefficient (Wildman–Crippen LogP) is 1.64. The van der Waals surface area contributed by atoms with Crippen molar-refractivity contribution in [1.29, 1.82) is 0 Å². The first-order chi connectivity index (χ1) is 7.72. The molecule has 0 saturated carbocycles. The molecule has 0 aromatic carbocycles. The van der Waals surface area contributed by atoms with E-state index in [0.29, 0.717) is 5.82 Å². The highest BCUT2D eigenvalue weighted by molar-refractivity contribution is 5.62. The van der Waals surface area contributed by atoms with Crippen molar-refractivity contribution in [2.24, 2.45) is 0 Å². The number of pyridine rings is 1. The summed E-state index contributed by atoms with van der Waals surface area (Å²) in [5, 5.41) is 7.99. The molecule has 0 unspecified atom stereocenters. The van der Waals surface area contributed by atoms with Crippen molar-refractivity contribution in [1.82, 2.24) is 20.0 Å². The second-order valence-corrected chi connectivity index (χ2v) is 3.71. The maximum Gasteiger partial charge on any atom is 0.123 e. The molecule has 2 rings (SSSR count). The van der Waals surface area contributed by atoms with E-state index in [-0.39, 0.29) is 0 Å². The number of aryl methyl sites for hydroxylation is 2. The summed E-state index contributed by atoms with van der Waals surface area (Å²) in [6.07, 6.45) is 2.79. The van der Waals surface area contributed by atoms with E-state index in [2.05, 4.69) is 22.2 Å². The Hall–Kier alpha value is -1.91. The van der Waals surface area contributed by atoms with Crippen LogP contribution in [-0.2, 0) is 6.54 Å². The summed E-state index contributed by atoms with van der Waals surface area (Å²) in [6, 6.07) is 3.76. The van der Waals surface area contributed by atoms with E-state index in [1.165, 1.54) is 0 Å². The molecule has 0 aliphatic heterocycles. The lowest BCUT2D eigenvalue weighted by atomic mass is 10.1. The quantitative estimate of drug-likeness (QED) is 0.848. The third-order valence-electron chi connectivity index (χ3n) is 2.44. The lowest BCUT2D eigenvalue weighted by molar-refractivity contribution is 0.584. The molecule has 0 spiro atoms. The minimum Gasteiger partial charge on any atom is -0.384 e. The highest BCUT2D eigenvalue weighted by Gasteiger charge is 2.09. The largest absolute Gasteiger partial charge is 0.384 e. The van der Waals surface area contributed by atoms with E-state index >= 15 is 0 Å². The molecule has 2 aromatic rings. The van der Waals surface area contributed by atoms with E-state index in [9.17, 15) is 0 Å². The van der Waals surface area contributed by atoms with E-state index < -0.39 is 0 Å². The Morgan fingerprint density at radius 1 is 1.38 bits per heavy atom. The van der Waals surface area contributed by atoms with Crippen LogP contribution in [0, 0.1) is 6.92 Å². The van der Waals surface area contributed by atoms with Crippen LogP contribution in [0.25, 0.3) is 11.3 Å². The van der Waals surface area contributed by atoms with Crippen molar-refractivity contribution in [3.8, 4) is 11.3 Å². The molecule has 0 fully saturated rings. The average Bonchev–Trinajstić information content (AvgIpc) is 2.67. The zero-order valence-electron chi connectivity index (χ0n) is 9.51. The smallest absolute Gasteiger partial charge is 0.123 e. The molecule has 0 bridgehead atoms. The van der Waals surface area contributed by atoms with E-state index in [1.807, 2.05) is 17.7 Å². The van der Waals surface area contributed by atoms with Crippen LogP contribution in [0.15, 0.2) is 18.3 Å². The Balaban J connectivity index is 2.46. The number of rotatable bonds is 3. The molecule has 84 valence electrons. The number of anilines is 1. The summed E-state index contributed by atoms with van der Waals surface area (Å²) >= 11 is 0. The molecule has 0 saturated heterocycles. The number of nitrogens with two attached hydrogens (primary N) is 1. The van der Waals surface area contributed by atoms with Gasteiger partial charge in [0.25, 0.3) is 0 Å². The van der Waals surface area contributed by atoms with Crippen LogP contribution >= 0.6 is 0 Å². The van der Waals surface area contributed by atoms with Gasteiger partial charge in [-0.25, -0.2) is 9.67 Å². The van der Waals surface area contributed by atoms with Crippen molar-refractivity contribution in [2.45, 2.75) is 26.8 Å². The van der Waals surface area contributed by atoms with Crippen LogP contribution in [0.3, 0.4) is 0 Å². The fourth-order valence-electron chi connectivity index (χ4n) is 1.69. The van der Waals surface area contributed by atoms with Gasteiger partial charge in [-0.2, -0.15) is 0 Å². The van der Waals surface area contributed by atoms with Gasteiger partial charge in [0.2, 0.25) is 0 Å². The second-order valence-electron chi connectivity index (χ2n) is 3.71. The van der Waals surface area contributed by atoms with Crippen molar-refractivity contribution >= 4 is 5.82 Å². The molecule has 0 aliphatic carbocycles. The van der Waals surface area contributed by atoms with Crippen LogP contribution < -0.4 is 5.73 Å². The SMILES string of the molecule is CCCn1nncc1-c1ccc(N)nc1C. The van der Waals surface area contributed by atoms with E-state index in [0.717, 1.165) is 29.9 Å². The molecule has 2 heterocycles. The molecule has 0 aliphatic rings. The van der Waals surface area contributed by atoms with Gasteiger partial charge < -0.3 is 5.73 Å². The van der Waals surface area contributed by atoms with Crippen molar-refractivity contribution in [3.05, 3.63) is 24.0 Å². The first-order valence-corrected chi connectivity index (χ1v) is 5.34. The summed E-state index contributed by atoms with van der Waals surface area (Å²) in [7, 11) is 0. The fourth-order valence-corrected chi connectivity index (χ4v) is 1.69. The Labute approximate surface area is 94.3 Å². The van der Waals surface area contributed by atoms with Gasteiger partial charge >= 0.3 is 0 Å². The summed E-state index contributed by atoms with van der Waals surface area (Å²) in [6.45, 7) is 4.91. The lowest BCUT2D eigenvalue weighted by Crippen LogP contribution is -2.03. The monoisotopic (exact) mass is 217 g/mol. The van der Waals surface area contributed by atoms with Gasteiger partial charge in [-0.15, -0.1) is 5.10 Å². The normalized spacial score (nSPS) is 10.6. The maximum absolute atomic E-state index is 5.63. The molecule has 0 radical (unpaired) electrons. The zero-order valence-corrected chi connectivity index (χ0v) is 9.51. The zero-order chi connectivity index (χ0) is 11.5. The van der Waals surface area contributed by atoms with Crippen molar-refractivity contribution in [3.63, 3.8) is 0 Å². The van der Waals surface area contributed by atoms with Gasteiger partial charge in [-0.05, 0) is 25.5 Å². The molecule has 5 nitrogen and oxygen atoms in total. The molecule has 2 aromatic heterocycles. The van der Waals surface area contributed by atoms with Gasteiger partial charge in [0, 0.05) is 17.8 Å². The number of hydrogen-bond acceptors (Lipinski definition) is 4. The first-order valence-electron chi connectivity index (χ1n) is 5.34. The van der Waals surface area contributed by atoms with Gasteiger partial charge in [-0.3, -0.25) is 0 Å². The van der Waals surface area contributed by atoms with Crippen LogP contribution in [0.4, 0.5) is 5.82 Å². The van der Waals surface area contributed by atoms with Crippen molar-refractivity contribution < 1.29 is 0 Å². The van der Waals surface area contributed by atoms with Gasteiger partial charge in [0.05, 0.1) is 11.9 Å². The summed E-state index contributed by atoms with van der Waals surface area (Å²) in [5.41, 5.74) is 8.56. The number of nitrogen functional groups attached to an aromatic ring is 1. The average molecular weight is 217 g/mol. The highest BCUT2D eigenvalue weighted by atomic mass is 15.4. The third-order valence-corrected chi connectivity index (χ3v) is 2.44. The summed E-state index contributed by atoms with van der Waals surface area (Å²) in [4.78, 5) is 4.24. The maximum atomic E-state index is 5.63. The van der Waals surface area contributed by atoms with E-state index in [4.69, 9.17) is 5.73 Å². The lowest BCUT2D eigenvalue weighted by Gasteiger charge is -2.07. The van der Waals surface area contributed by atoms with Gasteiger partial charge in [0.15, 0.2) is 0 Å². The van der Waals surface area contributed by atoms with Crippen LogP contribution in [0.5, 0.6) is 0 Å². The fraction of sp³-hybridized carbons (Fsp3) is 0.364. The Morgan fingerprint density at radius 2 is 2.19 bits per heavy atom. The Kier molecular flexibility index (Phi) is 2.85. The third kappa shape index (κ3) is 1.88. The van der Waals surface area contributed by atoms with Crippen LogP contribution in [-0.4, -0.2) is 20.0 Å². The highest BCUT2D eigenvalue weighted by Crippen LogP contribution is 2.21.